The van der Waals surface area contributed by atoms with E-state index in [1.165, 1.54) is 18.2 Å². The van der Waals surface area contributed by atoms with Gasteiger partial charge in [-0.3, -0.25) is 0 Å². The molecule has 2 aromatic carbocycles. The van der Waals surface area contributed by atoms with Crippen molar-refractivity contribution in [3.63, 3.8) is 0 Å². The predicted octanol–water partition coefficient (Wildman–Crippen LogP) is 5.12. The summed E-state index contributed by atoms with van der Waals surface area (Å²) in [4.78, 5) is 11.7. The summed E-state index contributed by atoms with van der Waals surface area (Å²) < 4.78 is 4.74. The summed E-state index contributed by atoms with van der Waals surface area (Å²) in [5.74, 6) is -0.101. The largest absolute Gasteiger partial charge is 0.465 e. The van der Waals surface area contributed by atoms with Crippen molar-refractivity contribution in [1.29, 1.82) is 0 Å². The lowest BCUT2D eigenvalue weighted by molar-refractivity contribution is 0.0601. The monoisotopic (exact) mass is 390 g/mol. The molecule has 0 aliphatic heterocycles. The van der Waals surface area contributed by atoms with Crippen LogP contribution in [0.1, 0.15) is 41.4 Å². The van der Waals surface area contributed by atoms with Crippen LogP contribution >= 0.6 is 23.8 Å². The second-order valence-electron chi connectivity index (χ2n) is 6.36. The third-order valence-corrected chi connectivity index (χ3v) is 4.66. The van der Waals surface area contributed by atoms with Crippen molar-refractivity contribution in [2.75, 3.05) is 12.4 Å². The minimum atomic E-state index is -0.427. The Bertz CT molecular complexity index is 808. The van der Waals surface area contributed by atoms with E-state index in [0.29, 0.717) is 27.3 Å². The second-order valence-corrected chi connectivity index (χ2v) is 7.18. The van der Waals surface area contributed by atoms with Crippen LogP contribution < -0.4 is 10.6 Å². The number of esters is 1. The molecule has 0 spiro atoms. The third-order valence-electron chi connectivity index (χ3n) is 4.11. The standard InChI is InChI=1S/C20H23ClN2O2S/c1-12(2)18(15-8-6-5-7-13(15)3)23-20(26)22-17-11-14(19(24)25-4)9-10-16(17)21/h5-12,18H,1-4H3,(H2,22,23,26)/t18-/m0/s1. The number of ether oxygens (including phenoxy) is 1. The molecule has 0 saturated carbocycles. The van der Waals surface area contributed by atoms with Gasteiger partial charge in [-0.05, 0) is 54.4 Å². The van der Waals surface area contributed by atoms with Crippen molar-refractivity contribution >= 4 is 40.6 Å². The second kappa shape index (κ2) is 9.01. The molecule has 0 aliphatic carbocycles. The molecule has 0 bridgehead atoms. The van der Waals surface area contributed by atoms with E-state index in [-0.39, 0.29) is 6.04 Å². The first kappa shape index (κ1) is 20.2. The minimum absolute atomic E-state index is 0.0544. The molecular formula is C20H23ClN2O2S. The average Bonchev–Trinajstić information content (AvgIpc) is 2.61. The van der Waals surface area contributed by atoms with Gasteiger partial charge in [0, 0.05) is 0 Å². The first-order valence-electron chi connectivity index (χ1n) is 8.34. The van der Waals surface area contributed by atoms with E-state index in [9.17, 15) is 4.79 Å². The van der Waals surface area contributed by atoms with Crippen LogP contribution in [0.2, 0.25) is 5.02 Å². The molecular weight excluding hydrogens is 368 g/mol. The average molecular weight is 391 g/mol. The number of methoxy groups -OCH3 is 1. The molecule has 6 heteroatoms. The Morgan fingerprint density at radius 1 is 1.19 bits per heavy atom. The maximum atomic E-state index is 11.7. The van der Waals surface area contributed by atoms with Crippen molar-refractivity contribution in [2.24, 2.45) is 5.92 Å². The molecule has 0 fully saturated rings. The molecule has 0 unspecified atom stereocenters. The Hall–Kier alpha value is -2.11. The lowest BCUT2D eigenvalue weighted by atomic mass is 9.93. The van der Waals surface area contributed by atoms with E-state index in [1.807, 2.05) is 12.1 Å². The minimum Gasteiger partial charge on any atom is -0.465 e. The highest BCUT2D eigenvalue weighted by Crippen LogP contribution is 2.26. The van der Waals surface area contributed by atoms with Crippen LogP contribution in [0.3, 0.4) is 0 Å². The number of anilines is 1. The summed E-state index contributed by atoms with van der Waals surface area (Å²) in [6.45, 7) is 6.36. The van der Waals surface area contributed by atoms with E-state index >= 15 is 0 Å². The van der Waals surface area contributed by atoms with Gasteiger partial charge in [0.15, 0.2) is 5.11 Å². The Kier molecular flexibility index (Phi) is 7.00. The van der Waals surface area contributed by atoms with Crippen LogP contribution in [-0.2, 0) is 4.74 Å². The number of hydrogen-bond donors (Lipinski definition) is 2. The molecule has 0 amide bonds. The maximum absolute atomic E-state index is 11.7. The van der Waals surface area contributed by atoms with Gasteiger partial charge in [-0.1, -0.05) is 49.7 Å². The highest BCUT2D eigenvalue weighted by atomic mass is 35.5. The van der Waals surface area contributed by atoms with Crippen LogP contribution in [0, 0.1) is 12.8 Å². The lowest BCUT2D eigenvalue weighted by Crippen LogP contribution is -2.35. The molecule has 2 N–H and O–H groups in total. The van der Waals surface area contributed by atoms with Gasteiger partial charge in [-0.25, -0.2) is 4.79 Å². The molecule has 2 aromatic rings. The zero-order valence-corrected chi connectivity index (χ0v) is 16.9. The van der Waals surface area contributed by atoms with Crippen LogP contribution in [0.5, 0.6) is 0 Å². The smallest absolute Gasteiger partial charge is 0.337 e. The van der Waals surface area contributed by atoms with Gasteiger partial charge < -0.3 is 15.4 Å². The van der Waals surface area contributed by atoms with Crippen molar-refractivity contribution < 1.29 is 9.53 Å². The highest BCUT2D eigenvalue weighted by molar-refractivity contribution is 7.80. The normalized spacial score (nSPS) is 11.8. The molecule has 2 rings (SSSR count). The summed E-state index contributed by atoms with van der Waals surface area (Å²) in [6, 6.07) is 13.1. The predicted molar refractivity (Wildman–Crippen MR) is 111 cm³/mol. The summed E-state index contributed by atoms with van der Waals surface area (Å²) in [7, 11) is 1.34. The molecule has 1 atom stereocenters. The Morgan fingerprint density at radius 3 is 2.50 bits per heavy atom. The van der Waals surface area contributed by atoms with Gasteiger partial charge in [-0.15, -0.1) is 0 Å². The SMILES string of the molecule is COC(=O)c1ccc(Cl)c(NC(=S)N[C@H](c2ccccc2C)C(C)C)c1. The van der Waals surface area contributed by atoms with E-state index in [1.54, 1.807) is 18.2 Å². The quantitative estimate of drug-likeness (QED) is 0.548. The zero-order valence-electron chi connectivity index (χ0n) is 15.3. The van der Waals surface area contributed by atoms with Crippen molar-refractivity contribution in [1.82, 2.24) is 5.32 Å². The fourth-order valence-corrected chi connectivity index (χ4v) is 3.11. The lowest BCUT2D eigenvalue weighted by Gasteiger charge is -2.26. The number of rotatable bonds is 5. The molecule has 0 radical (unpaired) electrons. The number of hydrogen-bond acceptors (Lipinski definition) is 3. The first-order valence-corrected chi connectivity index (χ1v) is 9.13. The van der Waals surface area contributed by atoms with Gasteiger partial charge in [0.2, 0.25) is 0 Å². The van der Waals surface area contributed by atoms with Gasteiger partial charge in [0.25, 0.3) is 0 Å². The van der Waals surface area contributed by atoms with Gasteiger partial charge in [0.05, 0.1) is 29.4 Å². The van der Waals surface area contributed by atoms with Gasteiger partial charge in [-0.2, -0.15) is 0 Å². The fourth-order valence-electron chi connectivity index (χ4n) is 2.70. The first-order chi connectivity index (χ1) is 12.3. The van der Waals surface area contributed by atoms with Crippen LogP contribution in [0.25, 0.3) is 0 Å². The molecule has 0 aliphatic rings. The molecule has 138 valence electrons. The fraction of sp³-hybridized carbons (Fsp3) is 0.300. The van der Waals surface area contributed by atoms with Crippen molar-refractivity contribution in [2.45, 2.75) is 26.8 Å². The maximum Gasteiger partial charge on any atom is 0.337 e. The summed E-state index contributed by atoms with van der Waals surface area (Å²) >= 11 is 11.7. The van der Waals surface area contributed by atoms with E-state index in [0.717, 1.165) is 0 Å². The number of aryl methyl sites for hydroxylation is 1. The Labute approximate surface area is 164 Å². The Balaban J connectivity index is 2.19. The molecule has 0 aromatic heterocycles. The Morgan fingerprint density at radius 2 is 1.88 bits per heavy atom. The van der Waals surface area contributed by atoms with E-state index < -0.39 is 5.97 Å². The number of halogens is 1. The van der Waals surface area contributed by atoms with Crippen LogP contribution in [0.4, 0.5) is 5.69 Å². The summed E-state index contributed by atoms with van der Waals surface area (Å²) in [5, 5.41) is 7.35. The number of carbonyl (C=O) groups excluding carboxylic acids is 1. The number of carbonyl (C=O) groups is 1. The molecule has 26 heavy (non-hydrogen) atoms. The van der Waals surface area contributed by atoms with Crippen LogP contribution in [0.15, 0.2) is 42.5 Å². The van der Waals surface area contributed by atoms with E-state index in [2.05, 4.69) is 43.5 Å². The van der Waals surface area contributed by atoms with E-state index in [4.69, 9.17) is 28.6 Å². The summed E-state index contributed by atoms with van der Waals surface area (Å²) in [6.07, 6.45) is 0. The molecule has 0 saturated heterocycles. The number of thiocarbonyl (C=S) groups is 1. The van der Waals surface area contributed by atoms with Gasteiger partial charge in [0.1, 0.15) is 0 Å². The van der Waals surface area contributed by atoms with Crippen LogP contribution in [-0.4, -0.2) is 18.2 Å². The number of benzene rings is 2. The van der Waals surface area contributed by atoms with Gasteiger partial charge >= 0.3 is 5.97 Å². The zero-order chi connectivity index (χ0) is 19.3. The molecule has 0 heterocycles. The van der Waals surface area contributed by atoms with Crippen molar-refractivity contribution in [3.8, 4) is 0 Å². The molecule has 4 nitrogen and oxygen atoms in total. The third kappa shape index (κ3) is 4.96. The topological polar surface area (TPSA) is 50.4 Å². The number of nitrogens with one attached hydrogen (secondary N) is 2. The summed E-state index contributed by atoms with van der Waals surface area (Å²) in [5.41, 5.74) is 3.36. The highest BCUT2D eigenvalue weighted by Gasteiger charge is 2.19. The van der Waals surface area contributed by atoms with Crippen molar-refractivity contribution in [3.05, 3.63) is 64.2 Å².